The van der Waals surface area contributed by atoms with Crippen LogP contribution in [0.5, 0.6) is 0 Å². The Morgan fingerprint density at radius 2 is 1.55 bits per heavy atom. The molecule has 128 valence electrons. The number of carbonyl (C=O) groups excluding carboxylic acids is 1. The first-order chi connectivity index (χ1) is 10.6. The van der Waals surface area contributed by atoms with Crippen LogP contribution in [0.15, 0.2) is 12.7 Å². The van der Waals surface area contributed by atoms with Crippen LogP contribution < -0.4 is 0 Å². The summed E-state index contributed by atoms with van der Waals surface area (Å²) >= 11 is 0. The predicted octanol–water partition coefficient (Wildman–Crippen LogP) is 5.35. The fraction of sp³-hybridized carbons (Fsp3) is 0.824. The van der Waals surface area contributed by atoms with E-state index >= 15 is 0 Å². The van der Waals surface area contributed by atoms with Crippen LogP contribution in [0, 0.1) is 0 Å². The minimum atomic E-state index is -2.11. The van der Waals surface area contributed by atoms with E-state index in [9.17, 15) is 13.6 Å². The molecular formula is C17H30F2O2Si. The average molecular weight is 333 g/mol. The molecule has 0 N–H and O–H groups in total. The Morgan fingerprint density at radius 3 is 2.05 bits per heavy atom. The molecule has 0 rings (SSSR count). The van der Waals surface area contributed by atoms with Crippen molar-refractivity contribution in [2.24, 2.45) is 0 Å². The Balaban J connectivity index is 3.17. The van der Waals surface area contributed by atoms with Crippen LogP contribution in [-0.2, 0) is 9.53 Å². The molecule has 0 saturated heterocycles. The maximum atomic E-state index is 11.9. The molecule has 0 aliphatic heterocycles. The van der Waals surface area contributed by atoms with Crippen molar-refractivity contribution in [1.29, 1.82) is 0 Å². The van der Waals surface area contributed by atoms with Crippen molar-refractivity contribution in [1.82, 2.24) is 0 Å². The zero-order chi connectivity index (χ0) is 16.6. The van der Waals surface area contributed by atoms with Crippen molar-refractivity contribution in [3.8, 4) is 0 Å². The fourth-order valence-electron chi connectivity index (χ4n) is 2.31. The zero-order valence-electron chi connectivity index (χ0n) is 13.8. The van der Waals surface area contributed by atoms with Gasteiger partial charge < -0.3 is 4.74 Å². The SMILES string of the molecule is C=CC(=O)OC(C)CCCCCCCCCCC[Si]C(F)F. The van der Waals surface area contributed by atoms with Gasteiger partial charge in [0, 0.05) is 6.08 Å². The normalized spacial score (nSPS) is 12.4. The molecule has 0 aromatic rings. The highest BCUT2D eigenvalue weighted by Gasteiger charge is 2.05. The average Bonchev–Trinajstić information content (AvgIpc) is 2.47. The molecule has 0 aliphatic carbocycles. The number of hydrogen-bond acceptors (Lipinski definition) is 2. The molecule has 5 heteroatoms. The number of halogens is 2. The van der Waals surface area contributed by atoms with Gasteiger partial charge >= 0.3 is 5.97 Å². The van der Waals surface area contributed by atoms with E-state index in [-0.39, 0.29) is 21.6 Å². The van der Waals surface area contributed by atoms with Crippen LogP contribution in [0.3, 0.4) is 0 Å². The summed E-state index contributed by atoms with van der Waals surface area (Å²) in [5.41, 5.74) is 0. The summed E-state index contributed by atoms with van der Waals surface area (Å²) in [7, 11) is -0.174. The van der Waals surface area contributed by atoms with E-state index < -0.39 is 6.05 Å². The molecule has 0 heterocycles. The largest absolute Gasteiger partial charge is 0.460 e. The molecular weight excluding hydrogens is 302 g/mol. The van der Waals surface area contributed by atoms with Gasteiger partial charge in [-0.2, -0.15) is 0 Å². The summed E-state index contributed by atoms with van der Waals surface area (Å²) in [5, 5.41) is 0. The Hall–Kier alpha value is -0.713. The van der Waals surface area contributed by atoms with Crippen LogP contribution in [0.1, 0.15) is 71.1 Å². The molecule has 2 radical (unpaired) electrons. The predicted molar refractivity (Wildman–Crippen MR) is 88.5 cm³/mol. The van der Waals surface area contributed by atoms with Gasteiger partial charge in [-0.1, -0.05) is 64.0 Å². The molecule has 0 spiro atoms. The first-order valence-electron chi connectivity index (χ1n) is 8.41. The molecule has 22 heavy (non-hydrogen) atoms. The molecule has 2 nitrogen and oxygen atoms in total. The van der Waals surface area contributed by atoms with Gasteiger partial charge in [-0.15, -0.1) is 0 Å². The summed E-state index contributed by atoms with van der Waals surface area (Å²) in [6.07, 6.45) is 12.4. The first-order valence-corrected chi connectivity index (χ1v) is 9.69. The summed E-state index contributed by atoms with van der Waals surface area (Å²) in [4.78, 5) is 11.0. The molecule has 0 bridgehead atoms. The van der Waals surface area contributed by atoms with Crippen molar-refractivity contribution < 1.29 is 18.3 Å². The molecule has 1 unspecified atom stereocenters. The Kier molecular flexibility index (Phi) is 14.7. The van der Waals surface area contributed by atoms with E-state index in [2.05, 4.69) is 6.58 Å². The van der Waals surface area contributed by atoms with Gasteiger partial charge in [0.25, 0.3) is 0 Å². The van der Waals surface area contributed by atoms with Crippen LogP contribution in [0.4, 0.5) is 8.78 Å². The van der Waals surface area contributed by atoms with Crippen LogP contribution >= 0.6 is 0 Å². The maximum absolute atomic E-state index is 11.9. The lowest BCUT2D eigenvalue weighted by molar-refractivity contribution is -0.142. The van der Waals surface area contributed by atoms with Gasteiger partial charge in [-0.05, 0) is 19.8 Å². The molecule has 0 amide bonds. The molecule has 0 saturated carbocycles. The smallest absolute Gasteiger partial charge is 0.330 e. The van der Waals surface area contributed by atoms with Crippen molar-refractivity contribution in [2.75, 3.05) is 0 Å². The minimum Gasteiger partial charge on any atom is -0.460 e. The van der Waals surface area contributed by atoms with Gasteiger partial charge in [-0.25, -0.2) is 13.6 Å². The number of ether oxygens (including phenoxy) is 1. The molecule has 0 aromatic heterocycles. The molecule has 0 fully saturated rings. The molecule has 0 aromatic carbocycles. The van der Waals surface area contributed by atoms with Crippen LogP contribution in [-0.4, -0.2) is 27.6 Å². The molecule has 0 aliphatic rings. The minimum absolute atomic E-state index is 0.0283. The fourth-order valence-corrected chi connectivity index (χ4v) is 2.98. The van der Waals surface area contributed by atoms with Crippen molar-refractivity contribution in [3.05, 3.63) is 12.7 Å². The third-order valence-electron chi connectivity index (χ3n) is 3.57. The maximum Gasteiger partial charge on any atom is 0.330 e. The highest BCUT2D eigenvalue weighted by atomic mass is 28.2. The first kappa shape index (κ1) is 21.3. The second-order valence-corrected chi connectivity index (χ2v) is 7.02. The second-order valence-electron chi connectivity index (χ2n) is 5.68. The van der Waals surface area contributed by atoms with E-state index in [1.54, 1.807) is 0 Å². The monoisotopic (exact) mass is 332 g/mol. The van der Waals surface area contributed by atoms with E-state index in [1.165, 1.54) is 44.6 Å². The van der Waals surface area contributed by atoms with Crippen LogP contribution in [0.25, 0.3) is 0 Å². The number of alkyl halides is 2. The van der Waals surface area contributed by atoms with E-state index in [0.717, 1.165) is 25.7 Å². The van der Waals surface area contributed by atoms with Crippen molar-refractivity contribution in [3.63, 3.8) is 0 Å². The highest BCUT2D eigenvalue weighted by molar-refractivity contribution is 6.36. The lowest BCUT2D eigenvalue weighted by Crippen LogP contribution is -2.12. The third-order valence-corrected chi connectivity index (χ3v) is 4.52. The lowest BCUT2D eigenvalue weighted by Gasteiger charge is -2.11. The van der Waals surface area contributed by atoms with E-state index in [1.807, 2.05) is 6.92 Å². The van der Waals surface area contributed by atoms with Gasteiger partial charge in [0.2, 0.25) is 6.05 Å². The number of unbranched alkanes of at least 4 members (excludes halogenated alkanes) is 8. The Morgan fingerprint density at radius 1 is 1.05 bits per heavy atom. The molecule has 1 atom stereocenters. The Bertz CT molecular complexity index is 286. The number of esters is 1. The summed E-state index contributed by atoms with van der Waals surface area (Å²) in [5.74, 6) is -0.346. The third kappa shape index (κ3) is 15.7. The van der Waals surface area contributed by atoms with E-state index in [0.29, 0.717) is 6.04 Å². The summed E-state index contributed by atoms with van der Waals surface area (Å²) in [6, 6.07) is -1.42. The van der Waals surface area contributed by atoms with Gasteiger partial charge in [0.1, 0.15) is 9.52 Å². The number of rotatable bonds is 15. The van der Waals surface area contributed by atoms with Crippen LogP contribution in [0.2, 0.25) is 6.04 Å². The zero-order valence-corrected chi connectivity index (χ0v) is 14.8. The quantitative estimate of drug-likeness (QED) is 0.175. The topological polar surface area (TPSA) is 26.3 Å². The number of carbonyl (C=O) groups is 1. The second kappa shape index (κ2) is 15.2. The summed E-state index contributed by atoms with van der Waals surface area (Å²) in [6.45, 7) is 5.29. The highest BCUT2D eigenvalue weighted by Crippen LogP contribution is 2.13. The standard InChI is InChI=1S/C17H30F2O2Si/c1-3-16(20)21-15(2)13-11-9-7-5-4-6-8-10-12-14-22-17(18)19/h3,15,17H,1,4-14H2,2H3. The van der Waals surface area contributed by atoms with Gasteiger partial charge in [0.15, 0.2) is 0 Å². The Labute approximate surface area is 136 Å². The van der Waals surface area contributed by atoms with Gasteiger partial charge in [0.05, 0.1) is 6.10 Å². The van der Waals surface area contributed by atoms with Crippen molar-refractivity contribution in [2.45, 2.75) is 89.3 Å². The van der Waals surface area contributed by atoms with Crippen molar-refractivity contribution >= 4 is 15.5 Å². The summed E-state index contributed by atoms with van der Waals surface area (Å²) < 4.78 is 29.0. The van der Waals surface area contributed by atoms with Gasteiger partial charge in [-0.3, -0.25) is 0 Å². The lowest BCUT2D eigenvalue weighted by atomic mass is 10.1. The van der Waals surface area contributed by atoms with E-state index in [4.69, 9.17) is 4.74 Å². The number of hydrogen-bond donors (Lipinski definition) is 0.